The lowest BCUT2D eigenvalue weighted by Crippen LogP contribution is -2.21. The maximum absolute atomic E-state index is 4.60. The fourth-order valence-corrected chi connectivity index (χ4v) is 3.64. The molecule has 21 heavy (non-hydrogen) atoms. The van der Waals surface area contributed by atoms with Crippen LogP contribution < -0.4 is 5.32 Å². The van der Waals surface area contributed by atoms with Crippen LogP contribution in [-0.4, -0.2) is 12.0 Å². The number of benzene rings is 1. The summed E-state index contributed by atoms with van der Waals surface area (Å²) >= 11 is 0. The van der Waals surface area contributed by atoms with Crippen LogP contribution in [0.15, 0.2) is 30.3 Å². The minimum atomic E-state index is 0.471. The van der Waals surface area contributed by atoms with Crippen molar-refractivity contribution in [1.29, 1.82) is 0 Å². The minimum Gasteiger partial charge on any atom is -0.313 e. The van der Waals surface area contributed by atoms with E-state index in [0.29, 0.717) is 6.04 Å². The number of pyridine rings is 1. The molecule has 1 fully saturated rings. The van der Waals surface area contributed by atoms with Gasteiger partial charge in [0.2, 0.25) is 0 Å². The molecular formula is C19H26N2. The molecule has 0 spiro atoms. The molecule has 2 nitrogen and oxygen atoms in total. The molecule has 0 bridgehead atoms. The lowest BCUT2D eigenvalue weighted by atomic mass is 9.83. The number of rotatable bonds is 4. The van der Waals surface area contributed by atoms with Gasteiger partial charge in [0.25, 0.3) is 0 Å². The van der Waals surface area contributed by atoms with E-state index in [2.05, 4.69) is 47.7 Å². The zero-order valence-electron chi connectivity index (χ0n) is 13.2. The van der Waals surface area contributed by atoms with Gasteiger partial charge in [-0.25, -0.2) is 0 Å². The molecule has 1 aliphatic rings. The first-order valence-corrected chi connectivity index (χ1v) is 8.31. The summed E-state index contributed by atoms with van der Waals surface area (Å²) in [5.74, 6) is 0.892. The van der Waals surface area contributed by atoms with Crippen LogP contribution in [0.2, 0.25) is 0 Å². The Hall–Kier alpha value is -1.41. The minimum absolute atomic E-state index is 0.471. The van der Waals surface area contributed by atoms with E-state index in [4.69, 9.17) is 0 Å². The van der Waals surface area contributed by atoms with E-state index in [0.717, 1.165) is 17.1 Å². The van der Waals surface area contributed by atoms with Gasteiger partial charge in [-0.15, -0.1) is 0 Å². The summed E-state index contributed by atoms with van der Waals surface area (Å²) in [7, 11) is 2.09. The number of fused-ring (bicyclic) bond motifs is 1. The van der Waals surface area contributed by atoms with Crippen molar-refractivity contribution in [2.24, 2.45) is 5.92 Å². The number of nitrogens with zero attached hydrogens (tertiary/aromatic N) is 1. The summed E-state index contributed by atoms with van der Waals surface area (Å²) in [5, 5.41) is 4.77. The Labute approximate surface area is 128 Å². The van der Waals surface area contributed by atoms with Gasteiger partial charge >= 0.3 is 0 Å². The standard InChI is InChI=1S/C19H26N2/c1-14-8-9-16-13-17(10-11-18(16)21-14)19(20-2)12-15-6-4-3-5-7-15/h8-11,13,15,19-20H,3-7,12H2,1-2H3. The lowest BCUT2D eigenvalue weighted by molar-refractivity contribution is 0.306. The average Bonchev–Trinajstić information content (AvgIpc) is 2.53. The predicted molar refractivity (Wildman–Crippen MR) is 89.5 cm³/mol. The van der Waals surface area contributed by atoms with Crippen LogP contribution in [0.5, 0.6) is 0 Å². The fourth-order valence-electron chi connectivity index (χ4n) is 3.64. The fraction of sp³-hybridized carbons (Fsp3) is 0.526. The second kappa shape index (κ2) is 6.57. The molecule has 0 saturated heterocycles. The van der Waals surface area contributed by atoms with Crippen LogP contribution in [0.25, 0.3) is 10.9 Å². The van der Waals surface area contributed by atoms with Gasteiger partial charge in [0.1, 0.15) is 0 Å². The molecule has 1 aromatic carbocycles. The maximum Gasteiger partial charge on any atom is 0.0705 e. The SMILES string of the molecule is CNC(CC1CCCCC1)c1ccc2nc(C)ccc2c1. The molecule has 3 rings (SSSR count). The molecule has 0 aliphatic heterocycles. The molecule has 2 aromatic rings. The molecule has 1 aliphatic carbocycles. The summed E-state index contributed by atoms with van der Waals surface area (Å²) in [6.45, 7) is 2.05. The maximum atomic E-state index is 4.60. The first-order valence-electron chi connectivity index (χ1n) is 8.31. The molecule has 2 heteroatoms. The Morgan fingerprint density at radius 3 is 2.71 bits per heavy atom. The van der Waals surface area contributed by atoms with Crippen molar-refractivity contribution >= 4 is 10.9 Å². The number of aromatic nitrogens is 1. The first kappa shape index (κ1) is 14.5. The number of hydrogen-bond donors (Lipinski definition) is 1. The molecule has 0 radical (unpaired) electrons. The summed E-state index contributed by atoms with van der Waals surface area (Å²) < 4.78 is 0. The van der Waals surface area contributed by atoms with Gasteiger partial charge in [0, 0.05) is 17.1 Å². The van der Waals surface area contributed by atoms with Crippen molar-refractivity contribution in [2.75, 3.05) is 7.05 Å². The van der Waals surface area contributed by atoms with Gasteiger partial charge in [-0.1, -0.05) is 44.2 Å². The summed E-state index contributed by atoms with van der Waals surface area (Å²) in [4.78, 5) is 4.60. The van der Waals surface area contributed by atoms with Crippen LogP contribution in [-0.2, 0) is 0 Å². The summed E-state index contributed by atoms with van der Waals surface area (Å²) in [6.07, 6.45) is 8.35. The van der Waals surface area contributed by atoms with Crippen molar-refractivity contribution < 1.29 is 0 Å². The molecule has 112 valence electrons. The van der Waals surface area contributed by atoms with Crippen LogP contribution >= 0.6 is 0 Å². The van der Waals surface area contributed by atoms with Crippen molar-refractivity contribution in [1.82, 2.24) is 10.3 Å². The second-order valence-electron chi connectivity index (χ2n) is 6.49. The van der Waals surface area contributed by atoms with Gasteiger partial charge in [-0.3, -0.25) is 4.98 Å². The molecule has 1 N–H and O–H groups in total. The Kier molecular flexibility index (Phi) is 4.54. The van der Waals surface area contributed by atoms with E-state index in [9.17, 15) is 0 Å². The van der Waals surface area contributed by atoms with Crippen molar-refractivity contribution in [3.63, 3.8) is 0 Å². The zero-order valence-corrected chi connectivity index (χ0v) is 13.2. The van der Waals surface area contributed by atoms with E-state index < -0.39 is 0 Å². The molecule has 1 heterocycles. The van der Waals surface area contributed by atoms with Gasteiger partial charge in [0.05, 0.1) is 5.52 Å². The van der Waals surface area contributed by atoms with Gasteiger partial charge in [-0.2, -0.15) is 0 Å². The first-order chi connectivity index (χ1) is 10.3. The number of hydrogen-bond acceptors (Lipinski definition) is 2. The number of aryl methyl sites for hydroxylation is 1. The van der Waals surface area contributed by atoms with E-state index >= 15 is 0 Å². The third-order valence-corrected chi connectivity index (χ3v) is 4.90. The summed E-state index contributed by atoms with van der Waals surface area (Å²) in [5.41, 5.74) is 3.59. The van der Waals surface area contributed by atoms with Crippen molar-refractivity contribution in [3.8, 4) is 0 Å². The number of nitrogens with one attached hydrogen (secondary N) is 1. The van der Waals surface area contributed by atoms with Gasteiger partial charge in [0.15, 0.2) is 0 Å². The van der Waals surface area contributed by atoms with Gasteiger partial charge < -0.3 is 5.32 Å². The lowest BCUT2D eigenvalue weighted by Gasteiger charge is -2.26. The third kappa shape index (κ3) is 3.44. The Morgan fingerprint density at radius 2 is 1.95 bits per heavy atom. The Morgan fingerprint density at radius 1 is 1.14 bits per heavy atom. The second-order valence-corrected chi connectivity index (χ2v) is 6.49. The van der Waals surface area contributed by atoms with Crippen LogP contribution in [0.3, 0.4) is 0 Å². The molecule has 1 aromatic heterocycles. The van der Waals surface area contributed by atoms with Crippen molar-refractivity contribution in [2.45, 2.75) is 51.5 Å². The molecule has 1 atom stereocenters. The molecule has 1 saturated carbocycles. The van der Waals surface area contributed by atoms with E-state index in [1.54, 1.807) is 0 Å². The van der Waals surface area contributed by atoms with Crippen LogP contribution in [0, 0.1) is 12.8 Å². The normalized spacial score (nSPS) is 18.0. The quantitative estimate of drug-likeness (QED) is 0.873. The van der Waals surface area contributed by atoms with E-state index in [1.807, 2.05) is 6.92 Å². The topological polar surface area (TPSA) is 24.9 Å². The smallest absolute Gasteiger partial charge is 0.0705 e. The van der Waals surface area contributed by atoms with E-state index in [-0.39, 0.29) is 0 Å². The predicted octanol–water partition coefficient (Wildman–Crippen LogP) is 4.77. The molecular weight excluding hydrogens is 256 g/mol. The Bertz CT molecular complexity index is 600. The highest BCUT2D eigenvalue weighted by Gasteiger charge is 2.19. The molecule has 0 amide bonds. The molecule has 1 unspecified atom stereocenters. The van der Waals surface area contributed by atoms with Crippen LogP contribution in [0.1, 0.15) is 55.8 Å². The highest BCUT2D eigenvalue weighted by molar-refractivity contribution is 5.79. The monoisotopic (exact) mass is 282 g/mol. The highest BCUT2D eigenvalue weighted by Crippen LogP contribution is 2.32. The van der Waals surface area contributed by atoms with Crippen LogP contribution in [0.4, 0.5) is 0 Å². The highest BCUT2D eigenvalue weighted by atomic mass is 14.9. The van der Waals surface area contributed by atoms with Gasteiger partial charge in [-0.05, 0) is 50.1 Å². The Balaban J connectivity index is 1.80. The third-order valence-electron chi connectivity index (χ3n) is 4.90. The van der Waals surface area contributed by atoms with E-state index in [1.165, 1.54) is 49.5 Å². The largest absolute Gasteiger partial charge is 0.313 e. The average molecular weight is 282 g/mol. The van der Waals surface area contributed by atoms with Crippen molar-refractivity contribution in [3.05, 3.63) is 41.6 Å². The zero-order chi connectivity index (χ0) is 14.7. The summed E-state index contributed by atoms with van der Waals surface area (Å²) in [6, 6.07) is 11.5.